The van der Waals surface area contributed by atoms with Gasteiger partial charge < -0.3 is 10.1 Å². The van der Waals surface area contributed by atoms with Crippen molar-refractivity contribution in [1.82, 2.24) is 5.32 Å². The summed E-state index contributed by atoms with van der Waals surface area (Å²) in [5, 5.41) is 3.31. The summed E-state index contributed by atoms with van der Waals surface area (Å²) in [5.74, 6) is 0.953. The second-order valence-corrected chi connectivity index (χ2v) is 6.84. The Balaban J connectivity index is 2.62. The number of hydrogen-bond acceptors (Lipinski definition) is 2. The molecule has 0 fully saturated rings. The average molecular weight is 433 g/mol. The van der Waals surface area contributed by atoms with Crippen LogP contribution in [0.15, 0.2) is 21.1 Å². The fourth-order valence-corrected chi connectivity index (χ4v) is 3.14. The largest absolute Gasteiger partial charge is 0.491 e. The van der Waals surface area contributed by atoms with Crippen molar-refractivity contribution in [2.24, 2.45) is 5.92 Å². The SMILES string of the molecule is CC(C)CNCc1cc(Br)c(OCCC(F)(F)F)c(Br)c1. The first-order chi connectivity index (χ1) is 9.69. The highest BCUT2D eigenvalue weighted by molar-refractivity contribution is 9.11. The summed E-state index contributed by atoms with van der Waals surface area (Å²) >= 11 is 6.67. The predicted molar refractivity (Wildman–Crippen MR) is 84.6 cm³/mol. The zero-order chi connectivity index (χ0) is 16.0. The summed E-state index contributed by atoms with van der Waals surface area (Å²) in [6.45, 7) is 5.44. The first-order valence-electron chi connectivity index (χ1n) is 6.57. The van der Waals surface area contributed by atoms with Gasteiger partial charge in [-0.15, -0.1) is 0 Å². The van der Waals surface area contributed by atoms with Crippen LogP contribution in [0.1, 0.15) is 25.8 Å². The molecule has 1 aromatic rings. The number of halogens is 5. The molecular formula is C14H18Br2F3NO. The maximum absolute atomic E-state index is 12.1. The van der Waals surface area contributed by atoms with E-state index >= 15 is 0 Å². The summed E-state index contributed by atoms with van der Waals surface area (Å²) in [4.78, 5) is 0. The molecule has 0 aromatic heterocycles. The van der Waals surface area contributed by atoms with Gasteiger partial charge in [0.05, 0.1) is 22.0 Å². The van der Waals surface area contributed by atoms with Crippen LogP contribution in [0.4, 0.5) is 13.2 Å². The van der Waals surface area contributed by atoms with Crippen molar-refractivity contribution in [1.29, 1.82) is 0 Å². The van der Waals surface area contributed by atoms with Crippen molar-refractivity contribution < 1.29 is 17.9 Å². The monoisotopic (exact) mass is 431 g/mol. The molecule has 21 heavy (non-hydrogen) atoms. The summed E-state index contributed by atoms with van der Waals surface area (Å²) in [7, 11) is 0. The Morgan fingerprint density at radius 2 is 1.76 bits per heavy atom. The van der Waals surface area contributed by atoms with Gasteiger partial charge in [0.25, 0.3) is 0 Å². The van der Waals surface area contributed by atoms with Crippen LogP contribution in [0.2, 0.25) is 0 Å². The topological polar surface area (TPSA) is 21.3 Å². The Hall–Kier alpha value is -0.270. The first kappa shape index (κ1) is 18.8. The third kappa shape index (κ3) is 7.51. The fraction of sp³-hybridized carbons (Fsp3) is 0.571. The summed E-state index contributed by atoms with van der Waals surface area (Å²) in [5.41, 5.74) is 1.03. The van der Waals surface area contributed by atoms with Crippen molar-refractivity contribution in [3.63, 3.8) is 0 Å². The van der Waals surface area contributed by atoms with E-state index in [9.17, 15) is 13.2 Å². The fourth-order valence-electron chi connectivity index (χ4n) is 1.63. The molecule has 7 heteroatoms. The smallest absolute Gasteiger partial charge is 0.392 e. The van der Waals surface area contributed by atoms with Crippen molar-refractivity contribution >= 4 is 31.9 Å². The van der Waals surface area contributed by atoms with E-state index in [0.717, 1.165) is 12.1 Å². The molecule has 1 rings (SSSR count). The molecule has 0 spiro atoms. The zero-order valence-corrected chi connectivity index (χ0v) is 15.0. The van der Waals surface area contributed by atoms with Crippen molar-refractivity contribution in [2.45, 2.75) is 33.0 Å². The molecule has 0 radical (unpaired) electrons. The van der Waals surface area contributed by atoms with Crippen LogP contribution in [0.3, 0.4) is 0 Å². The van der Waals surface area contributed by atoms with E-state index in [-0.39, 0.29) is 0 Å². The van der Waals surface area contributed by atoms with Crippen molar-refractivity contribution in [3.05, 3.63) is 26.6 Å². The summed E-state index contributed by atoms with van der Waals surface area (Å²) < 4.78 is 42.8. The Morgan fingerprint density at radius 1 is 1.19 bits per heavy atom. The van der Waals surface area contributed by atoms with E-state index in [1.54, 1.807) is 0 Å². The summed E-state index contributed by atoms with van der Waals surface area (Å²) in [6, 6.07) is 3.70. The van der Waals surface area contributed by atoms with Crippen LogP contribution in [-0.4, -0.2) is 19.3 Å². The third-order valence-electron chi connectivity index (χ3n) is 2.57. The normalized spacial score (nSPS) is 12.0. The van der Waals surface area contributed by atoms with Gasteiger partial charge in [0.15, 0.2) is 0 Å². The average Bonchev–Trinajstić information content (AvgIpc) is 2.31. The van der Waals surface area contributed by atoms with E-state index in [0.29, 0.717) is 27.2 Å². The van der Waals surface area contributed by atoms with Crippen LogP contribution in [0, 0.1) is 5.92 Å². The molecule has 0 aliphatic heterocycles. The minimum atomic E-state index is -4.21. The van der Waals surface area contributed by atoms with Crippen molar-refractivity contribution in [3.8, 4) is 5.75 Å². The zero-order valence-electron chi connectivity index (χ0n) is 11.9. The molecule has 2 nitrogen and oxygen atoms in total. The van der Waals surface area contributed by atoms with Crippen LogP contribution in [0.5, 0.6) is 5.75 Å². The Kier molecular flexibility index (Phi) is 7.50. The third-order valence-corrected chi connectivity index (χ3v) is 3.75. The Bertz CT molecular complexity index is 441. The van der Waals surface area contributed by atoms with Gasteiger partial charge in [0.2, 0.25) is 0 Å². The quantitative estimate of drug-likeness (QED) is 0.632. The molecule has 0 unspecified atom stereocenters. The molecule has 0 aliphatic rings. The highest BCUT2D eigenvalue weighted by atomic mass is 79.9. The molecule has 0 aliphatic carbocycles. The van der Waals surface area contributed by atoms with Crippen LogP contribution >= 0.6 is 31.9 Å². The second kappa shape index (κ2) is 8.39. The molecule has 0 atom stereocenters. The number of hydrogen-bond donors (Lipinski definition) is 1. The Morgan fingerprint density at radius 3 is 2.24 bits per heavy atom. The lowest BCUT2D eigenvalue weighted by Gasteiger charge is -2.14. The number of alkyl halides is 3. The van der Waals surface area contributed by atoms with Gasteiger partial charge in [-0.25, -0.2) is 0 Å². The lowest BCUT2D eigenvalue weighted by Crippen LogP contribution is -2.19. The van der Waals surface area contributed by atoms with Crippen LogP contribution in [0.25, 0.3) is 0 Å². The van der Waals surface area contributed by atoms with E-state index in [2.05, 4.69) is 51.0 Å². The Labute approximate surface area is 139 Å². The van der Waals surface area contributed by atoms with Crippen LogP contribution < -0.4 is 10.1 Å². The lowest BCUT2D eigenvalue weighted by molar-refractivity contribution is -0.139. The maximum atomic E-state index is 12.1. The summed E-state index contributed by atoms with van der Waals surface area (Å²) in [6.07, 6.45) is -5.18. The van der Waals surface area contributed by atoms with E-state index in [1.807, 2.05) is 12.1 Å². The van der Waals surface area contributed by atoms with Gasteiger partial charge >= 0.3 is 6.18 Å². The first-order valence-corrected chi connectivity index (χ1v) is 8.16. The number of nitrogens with one attached hydrogen (secondary N) is 1. The second-order valence-electron chi connectivity index (χ2n) is 5.13. The standard InChI is InChI=1S/C14H18Br2F3NO/c1-9(2)7-20-8-10-5-11(15)13(12(16)6-10)21-4-3-14(17,18)19/h5-6,9,20H,3-4,7-8H2,1-2H3. The minimum Gasteiger partial charge on any atom is -0.491 e. The van der Waals surface area contributed by atoms with E-state index < -0.39 is 19.2 Å². The molecule has 0 saturated heterocycles. The van der Waals surface area contributed by atoms with E-state index in [1.165, 1.54) is 0 Å². The maximum Gasteiger partial charge on any atom is 0.392 e. The molecule has 0 amide bonds. The van der Waals surface area contributed by atoms with Crippen molar-refractivity contribution in [2.75, 3.05) is 13.2 Å². The minimum absolute atomic E-state index is 0.395. The molecule has 1 N–H and O–H groups in total. The van der Waals surface area contributed by atoms with Gasteiger partial charge in [0, 0.05) is 6.54 Å². The molecule has 0 saturated carbocycles. The number of rotatable bonds is 7. The van der Waals surface area contributed by atoms with Gasteiger partial charge in [0.1, 0.15) is 5.75 Å². The van der Waals surface area contributed by atoms with Gasteiger partial charge in [-0.2, -0.15) is 13.2 Å². The highest BCUT2D eigenvalue weighted by Crippen LogP contribution is 2.35. The van der Waals surface area contributed by atoms with Gasteiger partial charge in [-0.05, 0) is 62.0 Å². The number of ether oxygens (including phenoxy) is 1. The molecule has 1 aromatic carbocycles. The molecule has 0 heterocycles. The van der Waals surface area contributed by atoms with Crippen LogP contribution in [-0.2, 0) is 6.54 Å². The lowest BCUT2D eigenvalue weighted by atomic mass is 10.2. The molecule has 120 valence electrons. The molecular weight excluding hydrogens is 415 g/mol. The number of benzene rings is 1. The van der Waals surface area contributed by atoms with Gasteiger partial charge in [-0.3, -0.25) is 0 Å². The highest BCUT2D eigenvalue weighted by Gasteiger charge is 2.27. The van der Waals surface area contributed by atoms with Gasteiger partial charge in [-0.1, -0.05) is 13.8 Å². The predicted octanol–water partition coefficient (Wildman–Crippen LogP) is 5.29. The molecule has 0 bridgehead atoms. The van der Waals surface area contributed by atoms with E-state index in [4.69, 9.17) is 4.74 Å².